The summed E-state index contributed by atoms with van der Waals surface area (Å²) in [4.78, 5) is 10.8. The van der Waals surface area contributed by atoms with Crippen LogP contribution >= 0.6 is 15.9 Å². The van der Waals surface area contributed by atoms with E-state index in [1.54, 1.807) is 0 Å². The van der Waals surface area contributed by atoms with Gasteiger partial charge in [-0.2, -0.15) is 0 Å². The van der Waals surface area contributed by atoms with E-state index in [4.69, 9.17) is 5.73 Å². The molecule has 2 amide bonds. The summed E-state index contributed by atoms with van der Waals surface area (Å²) >= 11 is 3.35. The molecule has 0 aliphatic carbocycles. The number of alkyl halides is 1. The topological polar surface area (TPSA) is 55.1 Å². The van der Waals surface area contributed by atoms with Crippen LogP contribution in [0.15, 0.2) is 30.3 Å². The number of hydrogen-bond acceptors (Lipinski definition) is 1. The fourth-order valence-corrected chi connectivity index (χ4v) is 1.75. The Hall–Kier alpha value is -1.03. The Morgan fingerprint density at radius 3 is 2.57 bits per heavy atom. The molecule has 0 bridgehead atoms. The van der Waals surface area contributed by atoms with Gasteiger partial charge in [0.05, 0.1) is 6.04 Å². The second-order valence-electron chi connectivity index (χ2n) is 2.95. The molecule has 1 aromatic rings. The minimum atomic E-state index is -0.486. The lowest BCUT2D eigenvalue weighted by molar-refractivity contribution is 0.245. The van der Waals surface area contributed by atoms with Crippen molar-refractivity contribution in [3.63, 3.8) is 0 Å². The molecule has 14 heavy (non-hydrogen) atoms. The minimum Gasteiger partial charge on any atom is -0.352 e. The number of urea groups is 1. The predicted octanol–water partition coefficient (Wildman–Crippen LogP) is 2.18. The van der Waals surface area contributed by atoms with Crippen LogP contribution in [0, 0.1) is 0 Å². The highest BCUT2D eigenvalue weighted by molar-refractivity contribution is 9.09. The number of hydrogen-bond donors (Lipinski definition) is 2. The Labute approximate surface area is 91.8 Å². The van der Waals surface area contributed by atoms with Crippen molar-refractivity contribution in [3.8, 4) is 0 Å². The second-order valence-corrected chi connectivity index (χ2v) is 3.74. The number of carbonyl (C=O) groups is 1. The Bertz CT molecular complexity index is 289. The second kappa shape index (κ2) is 5.65. The van der Waals surface area contributed by atoms with Gasteiger partial charge >= 0.3 is 6.03 Å². The Balaban J connectivity index is 2.72. The van der Waals surface area contributed by atoms with E-state index in [0.29, 0.717) is 0 Å². The molecule has 1 rings (SSSR count). The van der Waals surface area contributed by atoms with E-state index >= 15 is 0 Å². The summed E-state index contributed by atoms with van der Waals surface area (Å²) in [5, 5.41) is 3.53. The van der Waals surface area contributed by atoms with E-state index in [9.17, 15) is 4.79 Å². The monoisotopic (exact) mass is 256 g/mol. The molecule has 0 aliphatic rings. The van der Waals surface area contributed by atoms with Crippen molar-refractivity contribution >= 4 is 22.0 Å². The molecule has 0 aromatic heterocycles. The summed E-state index contributed by atoms with van der Waals surface area (Å²) in [6.07, 6.45) is 0.826. The first kappa shape index (κ1) is 11.0. The van der Waals surface area contributed by atoms with E-state index < -0.39 is 6.03 Å². The average molecular weight is 257 g/mol. The van der Waals surface area contributed by atoms with Crippen LogP contribution in [0.4, 0.5) is 4.79 Å². The van der Waals surface area contributed by atoms with Crippen molar-refractivity contribution in [2.24, 2.45) is 5.73 Å². The fourth-order valence-electron chi connectivity index (χ4n) is 1.29. The van der Waals surface area contributed by atoms with Crippen LogP contribution in [0.25, 0.3) is 0 Å². The summed E-state index contributed by atoms with van der Waals surface area (Å²) in [5.41, 5.74) is 6.17. The third-order valence-corrected chi connectivity index (χ3v) is 2.37. The van der Waals surface area contributed by atoms with Gasteiger partial charge in [0, 0.05) is 5.33 Å². The zero-order valence-corrected chi connectivity index (χ0v) is 9.33. The minimum absolute atomic E-state index is 0.00641. The van der Waals surface area contributed by atoms with Gasteiger partial charge < -0.3 is 11.1 Å². The van der Waals surface area contributed by atoms with Gasteiger partial charge in [0.1, 0.15) is 0 Å². The largest absolute Gasteiger partial charge is 0.352 e. The van der Waals surface area contributed by atoms with Crippen molar-refractivity contribution < 1.29 is 4.79 Å². The van der Waals surface area contributed by atoms with E-state index in [1.807, 2.05) is 30.3 Å². The molecular weight excluding hydrogens is 244 g/mol. The van der Waals surface area contributed by atoms with Crippen molar-refractivity contribution in [1.29, 1.82) is 0 Å². The molecule has 1 unspecified atom stereocenters. The van der Waals surface area contributed by atoms with Gasteiger partial charge in [-0.05, 0) is 12.0 Å². The summed E-state index contributed by atoms with van der Waals surface area (Å²) in [6, 6.07) is 9.29. The molecule has 0 saturated heterocycles. The van der Waals surface area contributed by atoms with Gasteiger partial charge in [0.2, 0.25) is 0 Å². The van der Waals surface area contributed by atoms with Gasteiger partial charge in [0.25, 0.3) is 0 Å². The molecule has 0 spiro atoms. The molecule has 76 valence electrons. The zero-order chi connectivity index (χ0) is 10.4. The molecule has 0 fully saturated rings. The van der Waals surface area contributed by atoms with Crippen LogP contribution in [0.1, 0.15) is 18.0 Å². The number of rotatable bonds is 4. The normalized spacial score (nSPS) is 12.1. The van der Waals surface area contributed by atoms with Crippen LogP contribution in [-0.4, -0.2) is 11.4 Å². The smallest absolute Gasteiger partial charge is 0.312 e. The zero-order valence-electron chi connectivity index (χ0n) is 7.74. The quantitative estimate of drug-likeness (QED) is 0.798. The van der Waals surface area contributed by atoms with E-state index in [1.165, 1.54) is 0 Å². The summed E-state index contributed by atoms with van der Waals surface area (Å²) in [7, 11) is 0. The third kappa shape index (κ3) is 3.38. The average Bonchev–Trinajstić information content (AvgIpc) is 2.18. The van der Waals surface area contributed by atoms with Crippen LogP contribution in [-0.2, 0) is 0 Å². The van der Waals surface area contributed by atoms with E-state index in [0.717, 1.165) is 17.3 Å². The van der Waals surface area contributed by atoms with E-state index in [2.05, 4.69) is 21.2 Å². The maximum absolute atomic E-state index is 10.8. The molecule has 1 aromatic carbocycles. The first-order chi connectivity index (χ1) is 6.74. The van der Waals surface area contributed by atoms with Gasteiger partial charge in [0.15, 0.2) is 0 Å². The first-order valence-corrected chi connectivity index (χ1v) is 5.53. The molecular formula is C10H13BrN2O. The lowest BCUT2D eigenvalue weighted by atomic mass is 10.1. The molecule has 3 N–H and O–H groups in total. The summed E-state index contributed by atoms with van der Waals surface area (Å²) in [6.45, 7) is 0. The highest BCUT2D eigenvalue weighted by Gasteiger charge is 2.11. The highest BCUT2D eigenvalue weighted by Crippen LogP contribution is 2.16. The number of nitrogens with one attached hydrogen (secondary N) is 1. The number of nitrogens with two attached hydrogens (primary N) is 1. The predicted molar refractivity (Wildman–Crippen MR) is 60.3 cm³/mol. The maximum Gasteiger partial charge on any atom is 0.312 e. The number of benzene rings is 1. The van der Waals surface area contributed by atoms with Crippen molar-refractivity contribution in [1.82, 2.24) is 5.32 Å². The lowest BCUT2D eigenvalue weighted by Crippen LogP contribution is -2.33. The molecule has 1 atom stereocenters. The molecule has 0 aliphatic heterocycles. The van der Waals surface area contributed by atoms with Crippen LogP contribution in [0.2, 0.25) is 0 Å². The standard InChI is InChI=1S/C10H13BrN2O/c11-7-6-9(13-10(12)14)8-4-2-1-3-5-8/h1-5,9H,6-7H2,(H3,12,13,14). The number of amides is 2. The summed E-state index contributed by atoms with van der Waals surface area (Å²) < 4.78 is 0. The highest BCUT2D eigenvalue weighted by atomic mass is 79.9. The molecule has 4 heteroatoms. The van der Waals surface area contributed by atoms with E-state index in [-0.39, 0.29) is 6.04 Å². The van der Waals surface area contributed by atoms with Crippen LogP contribution in [0.3, 0.4) is 0 Å². The molecule has 3 nitrogen and oxygen atoms in total. The number of primary amides is 1. The molecule has 0 saturated carbocycles. The Morgan fingerprint density at radius 1 is 1.43 bits per heavy atom. The van der Waals surface area contributed by atoms with Crippen LogP contribution < -0.4 is 11.1 Å². The number of carbonyl (C=O) groups excluding carboxylic acids is 1. The van der Waals surface area contributed by atoms with Gasteiger partial charge in [-0.15, -0.1) is 0 Å². The fraction of sp³-hybridized carbons (Fsp3) is 0.300. The molecule has 0 heterocycles. The lowest BCUT2D eigenvalue weighted by Gasteiger charge is -2.16. The van der Waals surface area contributed by atoms with Gasteiger partial charge in [-0.3, -0.25) is 0 Å². The number of halogens is 1. The molecule has 0 radical (unpaired) electrons. The maximum atomic E-state index is 10.8. The van der Waals surface area contributed by atoms with Gasteiger partial charge in [-0.25, -0.2) is 4.79 Å². The first-order valence-electron chi connectivity index (χ1n) is 4.41. The van der Waals surface area contributed by atoms with Gasteiger partial charge in [-0.1, -0.05) is 46.3 Å². The third-order valence-electron chi connectivity index (χ3n) is 1.92. The summed E-state index contributed by atoms with van der Waals surface area (Å²) in [5.74, 6) is 0. The Morgan fingerprint density at radius 2 is 2.07 bits per heavy atom. The van der Waals surface area contributed by atoms with Crippen molar-refractivity contribution in [2.45, 2.75) is 12.5 Å². The SMILES string of the molecule is NC(=O)NC(CCBr)c1ccccc1. The Kier molecular flexibility index (Phi) is 4.46. The van der Waals surface area contributed by atoms with Crippen molar-refractivity contribution in [3.05, 3.63) is 35.9 Å². The van der Waals surface area contributed by atoms with Crippen molar-refractivity contribution in [2.75, 3.05) is 5.33 Å². The van der Waals surface area contributed by atoms with Crippen LogP contribution in [0.5, 0.6) is 0 Å².